The van der Waals surface area contributed by atoms with Crippen LogP contribution in [0.4, 0.5) is 0 Å². The van der Waals surface area contributed by atoms with Gasteiger partial charge in [0.2, 0.25) is 5.89 Å². The minimum atomic E-state index is 0.273. The predicted molar refractivity (Wildman–Crippen MR) is 54.5 cm³/mol. The topological polar surface area (TPSA) is 54.2 Å². The fourth-order valence-corrected chi connectivity index (χ4v) is 1.97. The summed E-state index contributed by atoms with van der Waals surface area (Å²) in [6.07, 6.45) is 2.42. The normalized spacial score (nSPS) is 28.2. The van der Waals surface area contributed by atoms with E-state index in [4.69, 9.17) is 4.52 Å². The van der Waals surface area contributed by atoms with E-state index in [1.54, 1.807) is 0 Å². The molecule has 1 atom stereocenters. The van der Waals surface area contributed by atoms with Crippen molar-refractivity contribution in [1.29, 1.82) is 0 Å². The summed E-state index contributed by atoms with van der Waals surface area (Å²) < 4.78 is 5.27. The van der Waals surface area contributed by atoms with Crippen molar-refractivity contribution in [2.24, 2.45) is 0 Å². The van der Waals surface area contributed by atoms with Crippen molar-refractivity contribution in [2.75, 3.05) is 26.7 Å². The van der Waals surface area contributed by atoms with Gasteiger partial charge in [-0.05, 0) is 19.9 Å². The van der Waals surface area contributed by atoms with Gasteiger partial charge >= 0.3 is 0 Å². The molecule has 1 aromatic heterocycles. The third-order valence-corrected chi connectivity index (χ3v) is 3.19. The van der Waals surface area contributed by atoms with Crippen LogP contribution in [0.2, 0.25) is 0 Å². The fourth-order valence-electron chi connectivity index (χ4n) is 1.97. The third kappa shape index (κ3) is 1.77. The van der Waals surface area contributed by atoms with Crippen molar-refractivity contribution in [1.82, 2.24) is 20.4 Å². The second-order valence-electron chi connectivity index (χ2n) is 4.47. The first-order chi connectivity index (χ1) is 7.34. The molecule has 1 saturated carbocycles. The van der Waals surface area contributed by atoms with Crippen LogP contribution in [0.1, 0.15) is 36.5 Å². The maximum absolute atomic E-state index is 5.27. The molecule has 0 spiro atoms. The Morgan fingerprint density at radius 3 is 3.07 bits per heavy atom. The summed E-state index contributed by atoms with van der Waals surface area (Å²) >= 11 is 0. The number of nitrogens with one attached hydrogen (secondary N) is 1. The minimum absolute atomic E-state index is 0.273. The van der Waals surface area contributed by atoms with E-state index in [-0.39, 0.29) is 6.04 Å². The van der Waals surface area contributed by atoms with E-state index < -0.39 is 0 Å². The highest BCUT2D eigenvalue weighted by Crippen LogP contribution is 2.39. The second-order valence-corrected chi connectivity index (χ2v) is 4.47. The van der Waals surface area contributed by atoms with Gasteiger partial charge in [-0.2, -0.15) is 4.98 Å². The summed E-state index contributed by atoms with van der Waals surface area (Å²) in [4.78, 5) is 6.76. The van der Waals surface area contributed by atoms with Crippen LogP contribution in [0, 0.1) is 0 Å². The number of hydrogen-bond donors (Lipinski definition) is 1. The monoisotopic (exact) mass is 208 g/mol. The van der Waals surface area contributed by atoms with Crippen LogP contribution >= 0.6 is 0 Å². The first-order valence-corrected chi connectivity index (χ1v) is 5.59. The zero-order chi connectivity index (χ0) is 10.3. The molecule has 0 aromatic carbocycles. The van der Waals surface area contributed by atoms with Crippen LogP contribution in [-0.2, 0) is 0 Å². The third-order valence-electron chi connectivity index (χ3n) is 3.19. The van der Waals surface area contributed by atoms with Gasteiger partial charge in [-0.25, -0.2) is 0 Å². The highest BCUT2D eigenvalue weighted by atomic mass is 16.5. The molecule has 2 fully saturated rings. The van der Waals surface area contributed by atoms with Crippen LogP contribution in [-0.4, -0.2) is 41.7 Å². The van der Waals surface area contributed by atoms with Gasteiger partial charge in [0.25, 0.3) is 0 Å². The summed E-state index contributed by atoms with van der Waals surface area (Å²) in [6.45, 7) is 3.00. The van der Waals surface area contributed by atoms with Crippen molar-refractivity contribution in [3.8, 4) is 0 Å². The lowest BCUT2D eigenvalue weighted by Gasteiger charge is -2.30. The molecule has 15 heavy (non-hydrogen) atoms. The van der Waals surface area contributed by atoms with E-state index in [1.807, 2.05) is 0 Å². The molecule has 82 valence electrons. The van der Waals surface area contributed by atoms with Crippen LogP contribution < -0.4 is 5.32 Å². The predicted octanol–water partition coefficient (Wildman–Crippen LogP) is 0.523. The Morgan fingerprint density at radius 1 is 1.47 bits per heavy atom. The first-order valence-electron chi connectivity index (χ1n) is 5.59. The number of likely N-dealkylation sites (N-methyl/N-ethyl adjacent to an activating group) is 1. The molecule has 5 nitrogen and oxygen atoms in total. The maximum atomic E-state index is 5.27. The molecular weight excluding hydrogens is 192 g/mol. The van der Waals surface area contributed by atoms with E-state index in [9.17, 15) is 0 Å². The highest BCUT2D eigenvalue weighted by molar-refractivity contribution is 5.05. The van der Waals surface area contributed by atoms with Crippen LogP contribution in [0.3, 0.4) is 0 Å². The van der Waals surface area contributed by atoms with E-state index >= 15 is 0 Å². The van der Waals surface area contributed by atoms with Gasteiger partial charge in [-0.3, -0.25) is 4.90 Å². The molecule has 2 heterocycles. The van der Waals surface area contributed by atoms with E-state index in [0.717, 1.165) is 31.3 Å². The van der Waals surface area contributed by atoms with E-state index in [1.165, 1.54) is 12.8 Å². The Morgan fingerprint density at radius 2 is 2.33 bits per heavy atom. The molecule has 1 aliphatic heterocycles. The highest BCUT2D eigenvalue weighted by Gasteiger charge is 2.32. The van der Waals surface area contributed by atoms with Gasteiger partial charge in [0, 0.05) is 25.6 Å². The van der Waals surface area contributed by atoms with E-state index in [2.05, 4.69) is 27.4 Å². The smallest absolute Gasteiger partial charge is 0.229 e. The van der Waals surface area contributed by atoms with Gasteiger partial charge in [-0.15, -0.1) is 0 Å². The van der Waals surface area contributed by atoms with Crippen molar-refractivity contribution >= 4 is 0 Å². The Hall–Kier alpha value is -0.940. The number of nitrogens with zero attached hydrogens (tertiary/aromatic N) is 3. The number of piperazine rings is 1. The van der Waals surface area contributed by atoms with E-state index in [0.29, 0.717) is 5.92 Å². The van der Waals surface area contributed by atoms with Gasteiger partial charge < -0.3 is 9.84 Å². The van der Waals surface area contributed by atoms with Crippen LogP contribution in [0.25, 0.3) is 0 Å². The molecule has 0 radical (unpaired) electrons. The number of rotatable bonds is 2. The number of aromatic nitrogens is 2. The minimum Gasteiger partial charge on any atom is -0.339 e. The lowest BCUT2D eigenvalue weighted by atomic mass is 10.2. The standard InChI is InChI=1S/C10H16N4O/c1-14-5-4-11-6-8(14)9-12-10(15-13-9)7-2-3-7/h7-8,11H,2-6H2,1H3/t8-/m0/s1. The molecule has 1 saturated heterocycles. The van der Waals surface area contributed by atoms with Gasteiger partial charge in [0.15, 0.2) is 5.82 Å². The molecule has 0 amide bonds. The van der Waals surface area contributed by atoms with Gasteiger partial charge in [0.05, 0.1) is 6.04 Å². The van der Waals surface area contributed by atoms with Gasteiger partial charge in [0.1, 0.15) is 0 Å². The average Bonchev–Trinajstić information content (AvgIpc) is 2.99. The average molecular weight is 208 g/mol. The Labute approximate surface area is 88.8 Å². The lowest BCUT2D eigenvalue weighted by molar-refractivity contribution is 0.190. The first kappa shape index (κ1) is 9.30. The fraction of sp³-hybridized carbons (Fsp3) is 0.800. The molecule has 0 bridgehead atoms. The molecule has 0 unspecified atom stereocenters. The quantitative estimate of drug-likeness (QED) is 0.768. The summed E-state index contributed by atoms with van der Waals surface area (Å²) in [5, 5.41) is 7.44. The number of hydrogen-bond acceptors (Lipinski definition) is 5. The van der Waals surface area contributed by atoms with Gasteiger partial charge in [-0.1, -0.05) is 5.16 Å². The SMILES string of the molecule is CN1CCNC[C@H]1c1noc(C2CC2)n1. The molecule has 5 heteroatoms. The zero-order valence-corrected chi connectivity index (χ0v) is 8.94. The van der Waals surface area contributed by atoms with Crippen LogP contribution in [0.15, 0.2) is 4.52 Å². The van der Waals surface area contributed by atoms with Crippen molar-refractivity contribution in [3.05, 3.63) is 11.7 Å². The Balaban J connectivity index is 1.78. The van der Waals surface area contributed by atoms with Crippen molar-refractivity contribution < 1.29 is 4.52 Å². The zero-order valence-electron chi connectivity index (χ0n) is 8.94. The maximum Gasteiger partial charge on any atom is 0.229 e. The van der Waals surface area contributed by atoms with Crippen molar-refractivity contribution in [2.45, 2.75) is 24.8 Å². The lowest BCUT2D eigenvalue weighted by Crippen LogP contribution is -2.44. The summed E-state index contributed by atoms with van der Waals surface area (Å²) in [7, 11) is 2.11. The molecule has 2 aliphatic rings. The Bertz CT molecular complexity index is 347. The summed E-state index contributed by atoms with van der Waals surface area (Å²) in [6, 6.07) is 0.273. The molecule has 1 aromatic rings. The summed E-state index contributed by atoms with van der Waals surface area (Å²) in [5.41, 5.74) is 0. The largest absolute Gasteiger partial charge is 0.339 e. The Kier molecular flexibility index (Phi) is 2.21. The molecular formula is C10H16N4O. The molecule has 1 aliphatic carbocycles. The molecule has 1 N–H and O–H groups in total. The molecule has 3 rings (SSSR count). The summed E-state index contributed by atoms with van der Waals surface area (Å²) in [5.74, 6) is 2.23. The van der Waals surface area contributed by atoms with Crippen molar-refractivity contribution in [3.63, 3.8) is 0 Å². The second kappa shape index (κ2) is 3.57. The van der Waals surface area contributed by atoms with Crippen LogP contribution in [0.5, 0.6) is 0 Å².